The number of aromatic nitrogens is 2. The number of aryl methyl sites for hydroxylation is 1. The zero-order valence-electron chi connectivity index (χ0n) is 9.59. The number of aromatic hydroxyl groups is 1. The van der Waals surface area contributed by atoms with Crippen LogP contribution in [0.1, 0.15) is 0 Å². The maximum Gasteiger partial charge on any atom is 0.489 e. The number of hydrogen-bond donors (Lipinski definition) is 6. The van der Waals surface area contributed by atoms with Gasteiger partial charge in [-0.1, -0.05) is 0 Å². The van der Waals surface area contributed by atoms with E-state index < -0.39 is 34.9 Å². The van der Waals surface area contributed by atoms with Crippen molar-refractivity contribution in [2.75, 3.05) is 0 Å². The maximum atomic E-state index is 11.7. The molecule has 0 aliphatic carbocycles. The highest BCUT2D eigenvalue weighted by atomic mass is 31.3. The monoisotopic (exact) mass is 353 g/mol. The van der Waals surface area contributed by atoms with Crippen LogP contribution < -0.4 is 5.62 Å². The SMILES string of the molecule is Cn1cc(O)n(P(=O)(O)OP(=O)(O)OP(=O)(O)O)c1=N. The fraction of sp³-hybridized carbons (Fsp3) is 0.250. The molecule has 2 unspecified atom stereocenters. The Balaban J connectivity index is 3.19. The Labute approximate surface area is 110 Å². The molecule has 1 aromatic heterocycles. The first-order valence-corrected chi connectivity index (χ1v) is 8.97. The van der Waals surface area contributed by atoms with Crippen LogP contribution in [0.2, 0.25) is 0 Å². The largest absolute Gasteiger partial charge is 0.493 e. The first-order chi connectivity index (χ1) is 8.75. The van der Waals surface area contributed by atoms with Crippen molar-refractivity contribution < 1.29 is 47.0 Å². The molecule has 13 nitrogen and oxygen atoms in total. The zero-order chi connectivity index (χ0) is 15.9. The average Bonchev–Trinajstić information content (AvgIpc) is 2.33. The first kappa shape index (κ1) is 17.3. The van der Waals surface area contributed by atoms with Crippen LogP contribution in [0.3, 0.4) is 0 Å². The van der Waals surface area contributed by atoms with E-state index in [1.54, 1.807) is 0 Å². The van der Waals surface area contributed by atoms with E-state index in [4.69, 9.17) is 20.1 Å². The van der Waals surface area contributed by atoms with Gasteiger partial charge < -0.3 is 29.2 Å². The second-order valence-corrected chi connectivity index (χ2v) is 7.95. The Morgan fingerprint density at radius 2 is 1.65 bits per heavy atom. The first-order valence-electron chi connectivity index (χ1n) is 4.42. The molecule has 20 heavy (non-hydrogen) atoms. The topological polar surface area (TPSA) is 205 Å². The van der Waals surface area contributed by atoms with E-state index in [0.717, 1.165) is 10.8 Å². The normalized spacial score (nSPS) is 18.4. The number of imidazole rings is 1. The van der Waals surface area contributed by atoms with Gasteiger partial charge in [-0.3, -0.25) is 5.41 Å². The van der Waals surface area contributed by atoms with Gasteiger partial charge in [0.2, 0.25) is 11.5 Å². The summed E-state index contributed by atoms with van der Waals surface area (Å²) in [6, 6.07) is 0. The average molecular weight is 353 g/mol. The molecular formula is C4H10N3O10P3. The number of nitrogens with zero attached hydrogens (tertiary/aromatic N) is 2. The van der Waals surface area contributed by atoms with Gasteiger partial charge in [0.15, 0.2) is 0 Å². The second-order valence-electron chi connectivity index (χ2n) is 3.35. The summed E-state index contributed by atoms with van der Waals surface area (Å²) < 4.78 is 41.2. The summed E-state index contributed by atoms with van der Waals surface area (Å²) in [6.45, 7) is 0. The predicted octanol–water partition coefficient (Wildman–Crippen LogP) is -0.814. The molecule has 16 heteroatoms. The fourth-order valence-electron chi connectivity index (χ4n) is 1.12. The van der Waals surface area contributed by atoms with Crippen molar-refractivity contribution in [2.24, 2.45) is 7.05 Å². The third-order valence-corrected chi connectivity index (χ3v) is 5.99. The molecule has 0 amide bonds. The fourth-order valence-corrected chi connectivity index (χ4v) is 4.64. The summed E-state index contributed by atoms with van der Waals surface area (Å²) in [4.78, 5) is 35.1. The van der Waals surface area contributed by atoms with Crippen molar-refractivity contribution in [1.29, 1.82) is 5.41 Å². The summed E-state index contributed by atoms with van der Waals surface area (Å²) in [5.74, 6) is -0.959. The van der Waals surface area contributed by atoms with Gasteiger partial charge in [-0.15, -0.1) is 0 Å². The Morgan fingerprint density at radius 3 is 2.00 bits per heavy atom. The van der Waals surface area contributed by atoms with E-state index >= 15 is 0 Å². The van der Waals surface area contributed by atoms with Crippen LogP contribution in [0.5, 0.6) is 5.88 Å². The van der Waals surface area contributed by atoms with Crippen molar-refractivity contribution in [2.45, 2.75) is 0 Å². The molecule has 2 atom stereocenters. The molecule has 0 aliphatic heterocycles. The smallest absolute Gasteiger partial charge is 0.489 e. The molecule has 0 aliphatic rings. The van der Waals surface area contributed by atoms with Crippen molar-refractivity contribution >= 4 is 23.4 Å². The molecule has 0 aromatic carbocycles. The predicted molar refractivity (Wildman–Crippen MR) is 60.2 cm³/mol. The molecular weight excluding hydrogens is 343 g/mol. The second kappa shape index (κ2) is 5.23. The number of hydrogen-bond acceptors (Lipinski definition) is 7. The van der Waals surface area contributed by atoms with Gasteiger partial charge in [0.1, 0.15) is 0 Å². The van der Waals surface area contributed by atoms with Gasteiger partial charge in [-0.2, -0.15) is 13.0 Å². The minimum Gasteiger partial charge on any atom is -0.493 e. The Hall–Kier alpha value is -0.740. The van der Waals surface area contributed by atoms with E-state index in [2.05, 4.69) is 8.62 Å². The van der Waals surface area contributed by atoms with Gasteiger partial charge in [-0.05, 0) is 0 Å². The Morgan fingerprint density at radius 1 is 1.15 bits per heavy atom. The molecule has 0 bridgehead atoms. The maximum absolute atomic E-state index is 11.7. The highest BCUT2D eigenvalue weighted by molar-refractivity contribution is 7.67. The lowest BCUT2D eigenvalue weighted by Gasteiger charge is -2.16. The summed E-state index contributed by atoms with van der Waals surface area (Å²) in [5, 5.41) is 16.7. The standard InChI is InChI=1S/C4H10N3O10P3/c1-6-2-3(8)7(4(6)5)18(9,10)16-20(14,15)17-19(11,12)13/h2,5,8H,1H3,(H,9,10)(H,14,15)(H2,11,12,13). The van der Waals surface area contributed by atoms with E-state index in [9.17, 15) is 23.7 Å². The third kappa shape index (κ3) is 4.13. The van der Waals surface area contributed by atoms with E-state index in [0.29, 0.717) is 0 Å². The lowest BCUT2D eigenvalue weighted by Crippen LogP contribution is -2.21. The quantitative estimate of drug-likeness (QED) is 0.363. The Bertz CT molecular complexity index is 712. The van der Waals surface area contributed by atoms with E-state index in [-0.39, 0.29) is 4.34 Å². The zero-order valence-corrected chi connectivity index (χ0v) is 12.3. The molecule has 0 saturated carbocycles. The van der Waals surface area contributed by atoms with Crippen LogP contribution in [-0.4, -0.2) is 33.6 Å². The van der Waals surface area contributed by atoms with Gasteiger partial charge >= 0.3 is 23.4 Å². The molecule has 1 rings (SSSR count). The van der Waals surface area contributed by atoms with Crippen LogP contribution in [0, 0.1) is 5.41 Å². The van der Waals surface area contributed by atoms with Crippen LogP contribution in [0.25, 0.3) is 0 Å². The summed E-state index contributed by atoms with van der Waals surface area (Å²) in [5.41, 5.74) is -0.787. The lowest BCUT2D eigenvalue weighted by molar-refractivity contribution is 0.220. The highest BCUT2D eigenvalue weighted by Gasteiger charge is 2.42. The van der Waals surface area contributed by atoms with Crippen molar-refractivity contribution in [3.63, 3.8) is 0 Å². The molecule has 1 aromatic rings. The van der Waals surface area contributed by atoms with Gasteiger partial charge in [0.25, 0.3) is 0 Å². The van der Waals surface area contributed by atoms with Crippen molar-refractivity contribution in [3.8, 4) is 5.88 Å². The minimum atomic E-state index is -5.63. The van der Waals surface area contributed by atoms with Crippen molar-refractivity contribution in [1.82, 2.24) is 8.90 Å². The number of rotatable bonds is 5. The van der Waals surface area contributed by atoms with Crippen LogP contribution in [-0.2, 0) is 29.4 Å². The third-order valence-electron chi connectivity index (χ3n) is 1.73. The summed E-state index contributed by atoms with van der Waals surface area (Å²) in [6.07, 6.45) is 0.820. The van der Waals surface area contributed by atoms with Gasteiger partial charge in [0.05, 0.1) is 6.20 Å². The van der Waals surface area contributed by atoms with E-state index in [1.165, 1.54) is 7.05 Å². The summed E-state index contributed by atoms with van der Waals surface area (Å²) in [7, 11) is -15.2. The number of phosphoric acid groups is 2. The molecule has 0 saturated heterocycles. The van der Waals surface area contributed by atoms with Crippen molar-refractivity contribution in [3.05, 3.63) is 11.8 Å². The van der Waals surface area contributed by atoms with Crippen LogP contribution >= 0.6 is 23.4 Å². The van der Waals surface area contributed by atoms with Crippen LogP contribution in [0.15, 0.2) is 6.20 Å². The highest BCUT2D eigenvalue weighted by Crippen LogP contribution is 2.66. The molecule has 116 valence electrons. The molecule has 6 N–H and O–H groups in total. The van der Waals surface area contributed by atoms with Gasteiger partial charge in [-0.25, -0.2) is 13.7 Å². The number of nitrogens with one attached hydrogen (secondary N) is 1. The minimum absolute atomic E-state index is 0.0566. The molecule has 0 fully saturated rings. The van der Waals surface area contributed by atoms with Gasteiger partial charge in [0, 0.05) is 7.05 Å². The molecule has 1 heterocycles. The Kier molecular flexibility index (Phi) is 4.52. The van der Waals surface area contributed by atoms with E-state index in [1.807, 2.05) is 0 Å². The summed E-state index contributed by atoms with van der Waals surface area (Å²) >= 11 is 0. The lowest BCUT2D eigenvalue weighted by atomic mass is 10.8. The van der Waals surface area contributed by atoms with Crippen LogP contribution in [0.4, 0.5) is 0 Å². The molecule has 0 spiro atoms. The molecule has 0 radical (unpaired) electrons.